The Morgan fingerprint density at radius 3 is 2.79 bits per heavy atom. The third kappa shape index (κ3) is 3.34. The second-order valence-electron chi connectivity index (χ2n) is 8.67. The molecular weight excluding hydrogens is 402 g/mol. The third-order valence-electron chi connectivity index (χ3n) is 6.48. The lowest BCUT2D eigenvalue weighted by molar-refractivity contribution is -0.134. The van der Waals surface area contributed by atoms with E-state index in [1.807, 2.05) is 10.7 Å². The highest BCUT2D eigenvalue weighted by Crippen LogP contribution is 2.39. The molecule has 8 heteroatoms. The van der Waals surface area contributed by atoms with Gasteiger partial charge in [0.1, 0.15) is 11.2 Å². The summed E-state index contributed by atoms with van der Waals surface area (Å²) in [5.74, 6) is 1.33. The maximum absolute atomic E-state index is 12.9. The van der Waals surface area contributed by atoms with Crippen molar-refractivity contribution < 1.29 is 4.79 Å². The van der Waals surface area contributed by atoms with Gasteiger partial charge in [-0.05, 0) is 63.9 Å². The van der Waals surface area contributed by atoms with Crippen LogP contribution in [0.5, 0.6) is 0 Å². The number of fused-ring (bicyclic) bond motifs is 5. The van der Waals surface area contributed by atoms with Gasteiger partial charge in [-0.25, -0.2) is 4.98 Å². The summed E-state index contributed by atoms with van der Waals surface area (Å²) in [5.41, 5.74) is 2.30. The molecule has 0 spiro atoms. The number of hydrogen-bond acceptors (Lipinski definition) is 6. The van der Waals surface area contributed by atoms with Crippen molar-refractivity contribution in [2.45, 2.75) is 76.5 Å². The molecule has 0 radical (unpaired) electrons. The molecule has 5 rings (SSSR count). The number of nitrogens with zero attached hydrogens (tertiary/aromatic N) is 5. The van der Waals surface area contributed by atoms with Gasteiger partial charge in [-0.3, -0.25) is 9.20 Å². The fraction of sp³-hybridized carbons (Fsp3) is 0.619. The smallest absolute Gasteiger partial charge is 0.233 e. The molecule has 1 aliphatic carbocycles. The molecule has 0 aromatic carbocycles. The van der Waals surface area contributed by atoms with E-state index in [1.165, 1.54) is 40.4 Å². The Morgan fingerprint density at radius 1 is 1.21 bits per heavy atom. The molecule has 1 saturated heterocycles. The molecule has 1 fully saturated rings. The van der Waals surface area contributed by atoms with Gasteiger partial charge >= 0.3 is 0 Å². The molecular formula is C21H27N5OS2. The van der Waals surface area contributed by atoms with E-state index in [4.69, 9.17) is 4.98 Å². The minimum absolute atomic E-state index is 0.197. The van der Waals surface area contributed by atoms with Crippen molar-refractivity contribution in [3.8, 4) is 0 Å². The quantitative estimate of drug-likeness (QED) is 0.579. The van der Waals surface area contributed by atoms with Crippen LogP contribution in [0.25, 0.3) is 15.9 Å². The topological polar surface area (TPSA) is 63.4 Å². The van der Waals surface area contributed by atoms with Crippen LogP contribution in [0.3, 0.4) is 0 Å². The van der Waals surface area contributed by atoms with E-state index in [-0.39, 0.29) is 5.91 Å². The Morgan fingerprint density at radius 2 is 2.00 bits per heavy atom. The van der Waals surface area contributed by atoms with Gasteiger partial charge in [0.05, 0.1) is 11.1 Å². The number of carbonyl (C=O) groups excluding carboxylic acids is 1. The van der Waals surface area contributed by atoms with Crippen molar-refractivity contribution in [3.05, 3.63) is 16.8 Å². The minimum Gasteiger partial charge on any atom is -0.337 e. The molecule has 0 saturated carbocycles. The largest absolute Gasteiger partial charge is 0.337 e. The summed E-state index contributed by atoms with van der Waals surface area (Å²) in [6.07, 6.45) is 8.67. The highest BCUT2D eigenvalue weighted by atomic mass is 32.2. The van der Waals surface area contributed by atoms with E-state index in [1.54, 1.807) is 11.3 Å². The van der Waals surface area contributed by atoms with Crippen LogP contribution in [0.4, 0.5) is 0 Å². The second-order valence-corrected chi connectivity index (χ2v) is 10.7. The van der Waals surface area contributed by atoms with Crippen LogP contribution >= 0.6 is 23.1 Å². The molecule has 154 valence electrons. The van der Waals surface area contributed by atoms with Crippen LogP contribution in [0, 0.1) is 5.92 Å². The number of likely N-dealkylation sites (tertiary alicyclic amines) is 1. The van der Waals surface area contributed by atoms with Crippen LogP contribution in [-0.4, -0.2) is 48.2 Å². The van der Waals surface area contributed by atoms with Crippen molar-refractivity contribution >= 4 is 44.9 Å². The molecule has 3 aromatic heterocycles. The number of aromatic nitrogens is 4. The summed E-state index contributed by atoms with van der Waals surface area (Å²) < 4.78 is 1.97. The van der Waals surface area contributed by atoms with E-state index in [2.05, 4.69) is 35.9 Å². The van der Waals surface area contributed by atoms with Gasteiger partial charge in [0.25, 0.3) is 0 Å². The van der Waals surface area contributed by atoms with Crippen LogP contribution in [-0.2, 0) is 17.6 Å². The van der Waals surface area contributed by atoms with Crippen molar-refractivity contribution in [1.82, 2.24) is 24.5 Å². The van der Waals surface area contributed by atoms with Gasteiger partial charge in [-0.15, -0.1) is 21.5 Å². The van der Waals surface area contributed by atoms with Gasteiger partial charge in [0.2, 0.25) is 5.91 Å². The Kier molecular flexibility index (Phi) is 5.02. The maximum atomic E-state index is 12.9. The molecule has 1 amide bonds. The molecule has 3 unspecified atom stereocenters. The zero-order valence-corrected chi connectivity index (χ0v) is 18.9. The van der Waals surface area contributed by atoms with E-state index >= 15 is 0 Å². The molecule has 0 N–H and O–H groups in total. The van der Waals surface area contributed by atoms with Crippen molar-refractivity contribution in [1.29, 1.82) is 0 Å². The molecule has 29 heavy (non-hydrogen) atoms. The summed E-state index contributed by atoms with van der Waals surface area (Å²) in [7, 11) is 0. The SMILES string of the molecule is CC1CCc2c(sc3ncn4c(SCC(=O)N5C(C)CCCC5C)nnc4c23)C1. The molecule has 1 aliphatic heterocycles. The predicted molar refractivity (Wildman–Crippen MR) is 118 cm³/mol. The average Bonchev–Trinajstić information content (AvgIpc) is 3.26. The van der Waals surface area contributed by atoms with E-state index in [0.29, 0.717) is 17.8 Å². The normalized spacial score (nSPS) is 24.9. The van der Waals surface area contributed by atoms with E-state index in [9.17, 15) is 4.79 Å². The predicted octanol–water partition coefficient (Wildman–Crippen LogP) is 4.35. The number of aryl methyl sites for hydroxylation is 1. The number of thiophene rings is 1. The fourth-order valence-corrected chi connectivity index (χ4v) is 7.05. The van der Waals surface area contributed by atoms with Gasteiger partial charge < -0.3 is 4.90 Å². The van der Waals surface area contributed by atoms with Crippen molar-refractivity contribution in [2.24, 2.45) is 5.92 Å². The zero-order chi connectivity index (χ0) is 20.1. The molecule has 3 aromatic rings. The average molecular weight is 430 g/mol. The Bertz CT molecular complexity index is 1060. The van der Waals surface area contributed by atoms with E-state index < -0.39 is 0 Å². The number of piperidine rings is 1. The van der Waals surface area contributed by atoms with Crippen molar-refractivity contribution in [2.75, 3.05) is 5.75 Å². The summed E-state index contributed by atoms with van der Waals surface area (Å²) in [6.45, 7) is 6.64. The third-order valence-corrected chi connectivity index (χ3v) is 8.57. The highest BCUT2D eigenvalue weighted by molar-refractivity contribution is 7.99. The standard InChI is InChI=1S/C21H27N5OS2/c1-12-7-8-15-16(9-12)29-20-18(15)19-23-24-21(25(19)11-22-20)28-10-17(27)26-13(2)5-4-6-14(26)3/h11-14H,4-10H2,1-3H3. The Balaban J connectivity index is 1.41. The molecule has 0 bridgehead atoms. The Hall–Kier alpha value is -1.67. The summed E-state index contributed by atoms with van der Waals surface area (Å²) >= 11 is 3.28. The number of hydrogen-bond donors (Lipinski definition) is 0. The van der Waals surface area contributed by atoms with Gasteiger partial charge in [-0.1, -0.05) is 18.7 Å². The lowest BCUT2D eigenvalue weighted by Gasteiger charge is -2.39. The lowest BCUT2D eigenvalue weighted by Crippen LogP contribution is -2.48. The molecule has 4 heterocycles. The number of rotatable bonds is 3. The first-order valence-corrected chi connectivity index (χ1v) is 12.4. The summed E-state index contributed by atoms with van der Waals surface area (Å²) in [6, 6.07) is 0.644. The zero-order valence-electron chi connectivity index (χ0n) is 17.2. The fourth-order valence-electron chi connectivity index (χ4n) is 4.93. The number of carbonyl (C=O) groups is 1. The van der Waals surface area contributed by atoms with Gasteiger partial charge in [0, 0.05) is 17.0 Å². The van der Waals surface area contributed by atoms with Gasteiger partial charge in [-0.2, -0.15) is 0 Å². The van der Waals surface area contributed by atoms with Crippen LogP contribution in [0.2, 0.25) is 0 Å². The highest BCUT2D eigenvalue weighted by Gasteiger charge is 2.29. The lowest BCUT2D eigenvalue weighted by atomic mass is 9.89. The first kappa shape index (κ1) is 19.3. The first-order chi connectivity index (χ1) is 14.0. The van der Waals surface area contributed by atoms with E-state index in [0.717, 1.165) is 47.2 Å². The van der Waals surface area contributed by atoms with Crippen LogP contribution in [0.1, 0.15) is 56.9 Å². The Labute approximate surface area is 179 Å². The monoisotopic (exact) mass is 429 g/mol. The summed E-state index contributed by atoms with van der Waals surface area (Å²) in [5, 5.41) is 10.8. The van der Waals surface area contributed by atoms with Gasteiger partial charge in [0.15, 0.2) is 10.8 Å². The number of amides is 1. The van der Waals surface area contributed by atoms with Crippen LogP contribution < -0.4 is 0 Å². The minimum atomic E-state index is 0.197. The molecule has 6 nitrogen and oxygen atoms in total. The molecule has 3 atom stereocenters. The molecule has 2 aliphatic rings. The first-order valence-electron chi connectivity index (χ1n) is 10.6. The van der Waals surface area contributed by atoms with Crippen molar-refractivity contribution in [3.63, 3.8) is 0 Å². The van der Waals surface area contributed by atoms with Crippen LogP contribution in [0.15, 0.2) is 11.5 Å². The number of thioether (sulfide) groups is 1. The maximum Gasteiger partial charge on any atom is 0.233 e. The second kappa shape index (κ2) is 7.54. The summed E-state index contributed by atoms with van der Waals surface area (Å²) in [4.78, 5) is 22.2.